The highest BCUT2D eigenvalue weighted by Gasteiger charge is 2.45. The van der Waals surface area contributed by atoms with Gasteiger partial charge in [0.1, 0.15) is 4.90 Å². The van der Waals surface area contributed by atoms with Crippen molar-refractivity contribution >= 4 is 21.3 Å². The fourth-order valence-corrected chi connectivity index (χ4v) is 6.64. The minimum atomic E-state index is -4.34. The van der Waals surface area contributed by atoms with Crippen LogP contribution in [-0.2, 0) is 14.7 Å². The minimum Gasteiger partial charge on any atom is -0.308 e. The van der Waals surface area contributed by atoms with Crippen LogP contribution in [0.25, 0.3) is 0 Å². The lowest BCUT2D eigenvalue weighted by Crippen LogP contribution is -2.48. The van der Waals surface area contributed by atoms with Crippen LogP contribution in [0, 0.1) is 16.0 Å². The van der Waals surface area contributed by atoms with Crippen LogP contribution in [0.15, 0.2) is 89.8 Å². The number of hydrogen-bond donors (Lipinski definition) is 1. The van der Waals surface area contributed by atoms with Crippen LogP contribution >= 0.6 is 0 Å². The molecule has 3 aromatic rings. The number of nitrogens with zero attached hydrogens (tertiary/aromatic N) is 2. The molecule has 0 aliphatic carbocycles. The lowest BCUT2D eigenvalue weighted by atomic mass is 9.88. The summed E-state index contributed by atoms with van der Waals surface area (Å²) < 4.78 is 27.7. The second kappa shape index (κ2) is 10.7. The molecule has 4 rings (SSSR count). The van der Waals surface area contributed by atoms with Crippen LogP contribution in [0.4, 0.5) is 5.69 Å². The highest BCUT2D eigenvalue weighted by molar-refractivity contribution is 7.92. The van der Waals surface area contributed by atoms with Gasteiger partial charge in [0.25, 0.3) is 5.69 Å². The van der Waals surface area contributed by atoms with E-state index in [9.17, 15) is 23.3 Å². The first-order chi connectivity index (χ1) is 17.2. The number of Topliss-reactive ketones (excluding diaryl/α,β-unsaturated/α-hetero) is 1. The van der Waals surface area contributed by atoms with Gasteiger partial charge in [0.05, 0.1) is 4.92 Å². The van der Waals surface area contributed by atoms with E-state index in [1.54, 1.807) is 30.3 Å². The summed E-state index contributed by atoms with van der Waals surface area (Å²) >= 11 is 0. The van der Waals surface area contributed by atoms with Crippen LogP contribution in [0.2, 0.25) is 0 Å². The highest BCUT2D eigenvalue weighted by atomic mass is 32.2. The first-order valence-electron chi connectivity index (χ1n) is 11.9. The van der Waals surface area contributed by atoms with Gasteiger partial charge in [-0.25, -0.2) is 8.42 Å². The number of nitro groups is 1. The number of sulfone groups is 1. The summed E-state index contributed by atoms with van der Waals surface area (Å²) in [7, 11) is -4.34. The molecule has 0 saturated carbocycles. The van der Waals surface area contributed by atoms with Gasteiger partial charge in [0.15, 0.2) is 10.7 Å². The van der Waals surface area contributed by atoms with Gasteiger partial charge >= 0.3 is 0 Å². The number of carbonyl (C=O) groups is 1. The van der Waals surface area contributed by atoms with Gasteiger partial charge < -0.3 is 10.6 Å². The molecule has 188 valence electrons. The van der Waals surface area contributed by atoms with Gasteiger partial charge in [0, 0.05) is 24.1 Å². The standard InChI is InChI=1S/C27H29N3O5S/c28-27(23-11-5-2-6-12-23,36(34,35)25-14-8-7-13-24(25)30(32)33)17-20-29-18-15-22(16-19-29)26(31)21-9-3-1-4-10-21/h1-14,22H,15-20,28H2. The molecular weight excluding hydrogens is 478 g/mol. The molecule has 1 unspecified atom stereocenters. The molecule has 0 amide bonds. The van der Waals surface area contributed by atoms with Crippen molar-refractivity contribution in [3.05, 3.63) is 106 Å². The Bertz CT molecular complexity index is 1320. The topological polar surface area (TPSA) is 124 Å². The van der Waals surface area contributed by atoms with E-state index in [4.69, 9.17) is 5.73 Å². The summed E-state index contributed by atoms with van der Waals surface area (Å²) in [6, 6.07) is 23.0. The maximum absolute atomic E-state index is 13.9. The number of piperidine rings is 1. The predicted molar refractivity (Wildman–Crippen MR) is 137 cm³/mol. The number of para-hydroxylation sites is 1. The van der Waals surface area contributed by atoms with Crippen molar-refractivity contribution in [2.24, 2.45) is 11.7 Å². The van der Waals surface area contributed by atoms with Crippen molar-refractivity contribution in [2.45, 2.75) is 29.0 Å². The van der Waals surface area contributed by atoms with E-state index >= 15 is 0 Å². The minimum absolute atomic E-state index is 0.0443. The number of benzene rings is 3. The molecule has 1 aliphatic rings. The molecule has 1 saturated heterocycles. The SMILES string of the molecule is NC(CCN1CCC(C(=O)c2ccccc2)CC1)(c1ccccc1)S(=O)(=O)c1ccccc1[N+](=O)[O-]. The normalized spacial score (nSPS) is 16.8. The third-order valence-corrected chi connectivity index (χ3v) is 9.23. The highest BCUT2D eigenvalue weighted by Crippen LogP contribution is 2.38. The molecule has 36 heavy (non-hydrogen) atoms. The Morgan fingerprint density at radius 3 is 2.11 bits per heavy atom. The summed E-state index contributed by atoms with van der Waals surface area (Å²) in [4.78, 5) is 23.5. The maximum Gasteiger partial charge on any atom is 0.288 e. The largest absolute Gasteiger partial charge is 0.308 e. The zero-order chi connectivity index (χ0) is 25.8. The summed E-state index contributed by atoms with van der Waals surface area (Å²) in [5, 5.41) is 11.6. The number of nitro benzene ring substituents is 1. The zero-order valence-electron chi connectivity index (χ0n) is 19.8. The third kappa shape index (κ3) is 5.09. The molecule has 0 bridgehead atoms. The number of carbonyl (C=O) groups excluding carboxylic acids is 1. The van der Waals surface area contributed by atoms with Gasteiger partial charge in [-0.05, 0) is 44.0 Å². The molecule has 0 radical (unpaired) electrons. The first kappa shape index (κ1) is 25.7. The molecule has 1 atom stereocenters. The Morgan fingerprint density at radius 1 is 0.944 bits per heavy atom. The van der Waals surface area contributed by atoms with Crippen LogP contribution in [-0.4, -0.2) is 43.7 Å². The lowest BCUT2D eigenvalue weighted by Gasteiger charge is -2.35. The van der Waals surface area contributed by atoms with Crippen molar-refractivity contribution in [2.75, 3.05) is 19.6 Å². The van der Waals surface area contributed by atoms with E-state index in [-0.39, 0.29) is 18.1 Å². The van der Waals surface area contributed by atoms with E-state index in [0.29, 0.717) is 43.6 Å². The van der Waals surface area contributed by atoms with Crippen molar-refractivity contribution in [3.63, 3.8) is 0 Å². The van der Waals surface area contributed by atoms with E-state index in [2.05, 4.69) is 4.90 Å². The fraction of sp³-hybridized carbons (Fsp3) is 0.296. The lowest BCUT2D eigenvalue weighted by molar-refractivity contribution is -0.387. The number of ketones is 1. The van der Waals surface area contributed by atoms with Gasteiger partial charge in [-0.2, -0.15) is 0 Å². The second-order valence-electron chi connectivity index (χ2n) is 9.08. The molecule has 2 N–H and O–H groups in total. The average Bonchev–Trinajstić information content (AvgIpc) is 2.92. The summed E-state index contributed by atoms with van der Waals surface area (Å²) in [5.74, 6) is 0.0581. The van der Waals surface area contributed by atoms with Crippen molar-refractivity contribution in [1.82, 2.24) is 4.90 Å². The summed E-state index contributed by atoms with van der Waals surface area (Å²) in [6.45, 7) is 1.65. The summed E-state index contributed by atoms with van der Waals surface area (Å²) in [5.41, 5.74) is 7.26. The van der Waals surface area contributed by atoms with E-state index in [1.165, 1.54) is 24.3 Å². The van der Waals surface area contributed by atoms with Crippen LogP contribution in [0.1, 0.15) is 35.2 Å². The van der Waals surface area contributed by atoms with Crippen molar-refractivity contribution < 1.29 is 18.1 Å². The quantitative estimate of drug-likeness (QED) is 0.262. The summed E-state index contributed by atoms with van der Waals surface area (Å²) in [6.07, 6.45) is 1.39. The predicted octanol–water partition coefficient (Wildman–Crippen LogP) is 4.17. The second-order valence-corrected chi connectivity index (χ2v) is 11.3. The Hall–Kier alpha value is -3.40. The van der Waals surface area contributed by atoms with Gasteiger partial charge in [-0.3, -0.25) is 14.9 Å². The molecule has 9 heteroatoms. The smallest absolute Gasteiger partial charge is 0.288 e. The van der Waals surface area contributed by atoms with E-state index < -0.39 is 30.2 Å². The molecular formula is C27H29N3O5S. The molecule has 0 aromatic heterocycles. The van der Waals surface area contributed by atoms with Crippen LogP contribution in [0.5, 0.6) is 0 Å². The number of rotatable bonds is 9. The average molecular weight is 508 g/mol. The molecule has 1 heterocycles. The Labute approximate surface area is 210 Å². The number of likely N-dealkylation sites (tertiary alicyclic amines) is 1. The number of hydrogen-bond acceptors (Lipinski definition) is 7. The van der Waals surface area contributed by atoms with Crippen molar-refractivity contribution in [3.8, 4) is 0 Å². The maximum atomic E-state index is 13.9. The van der Waals surface area contributed by atoms with Crippen LogP contribution in [0.3, 0.4) is 0 Å². The molecule has 3 aromatic carbocycles. The van der Waals surface area contributed by atoms with Crippen LogP contribution < -0.4 is 5.73 Å². The number of nitrogens with two attached hydrogens (primary N) is 1. The molecule has 0 spiro atoms. The Kier molecular flexibility index (Phi) is 7.63. The molecule has 8 nitrogen and oxygen atoms in total. The third-order valence-electron chi connectivity index (χ3n) is 6.91. The monoisotopic (exact) mass is 507 g/mol. The van der Waals surface area contributed by atoms with Gasteiger partial charge in [-0.15, -0.1) is 0 Å². The van der Waals surface area contributed by atoms with Gasteiger partial charge in [0.2, 0.25) is 9.84 Å². The first-order valence-corrected chi connectivity index (χ1v) is 13.4. The Morgan fingerprint density at radius 2 is 1.50 bits per heavy atom. The fourth-order valence-electron chi connectivity index (χ4n) is 4.77. The van der Waals surface area contributed by atoms with Gasteiger partial charge in [-0.1, -0.05) is 72.8 Å². The van der Waals surface area contributed by atoms with E-state index in [1.807, 2.05) is 30.3 Å². The molecule has 1 fully saturated rings. The van der Waals surface area contributed by atoms with E-state index in [0.717, 1.165) is 0 Å². The Balaban J connectivity index is 1.54. The van der Waals surface area contributed by atoms with Crippen molar-refractivity contribution in [1.29, 1.82) is 0 Å². The molecule has 1 aliphatic heterocycles. The zero-order valence-corrected chi connectivity index (χ0v) is 20.6.